The van der Waals surface area contributed by atoms with Gasteiger partial charge in [-0.2, -0.15) is 5.10 Å². The lowest BCUT2D eigenvalue weighted by Gasteiger charge is -2.07. The molecular formula is C22H26N2O3. The van der Waals surface area contributed by atoms with E-state index in [0.29, 0.717) is 12.4 Å². The molecule has 0 aromatic heterocycles. The van der Waals surface area contributed by atoms with Crippen molar-refractivity contribution in [2.75, 3.05) is 13.2 Å². The molecule has 0 radical (unpaired) electrons. The molecule has 0 bridgehead atoms. The largest absolute Gasteiger partial charge is 0.494 e. The Hall–Kier alpha value is -3.08. The third-order valence-corrected chi connectivity index (χ3v) is 3.61. The number of amides is 1. The second-order valence-corrected chi connectivity index (χ2v) is 6.05. The summed E-state index contributed by atoms with van der Waals surface area (Å²) in [4.78, 5) is 11.8. The normalized spacial score (nSPS) is 11.4. The van der Waals surface area contributed by atoms with E-state index in [1.807, 2.05) is 55.5 Å². The minimum absolute atomic E-state index is 0.102. The van der Waals surface area contributed by atoms with Crippen LogP contribution in [0.3, 0.4) is 0 Å². The zero-order valence-electron chi connectivity index (χ0n) is 15.9. The van der Waals surface area contributed by atoms with Crippen LogP contribution in [0.1, 0.15) is 32.3 Å². The lowest BCUT2D eigenvalue weighted by molar-refractivity contribution is -0.123. The van der Waals surface area contributed by atoms with Gasteiger partial charge in [0.25, 0.3) is 5.91 Å². The summed E-state index contributed by atoms with van der Waals surface area (Å²) in [5, 5.41) is 3.94. The van der Waals surface area contributed by atoms with Gasteiger partial charge in [0.15, 0.2) is 6.61 Å². The van der Waals surface area contributed by atoms with Crippen LogP contribution in [0.4, 0.5) is 0 Å². The molecule has 0 heterocycles. The van der Waals surface area contributed by atoms with Gasteiger partial charge in [-0.15, -0.1) is 0 Å². The molecule has 27 heavy (non-hydrogen) atoms. The maximum atomic E-state index is 11.8. The zero-order valence-corrected chi connectivity index (χ0v) is 15.9. The van der Waals surface area contributed by atoms with Crippen molar-refractivity contribution in [3.05, 3.63) is 65.7 Å². The highest BCUT2D eigenvalue weighted by Crippen LogP contribution is 2.17. The molecule has 2 aromatic rings. The van der Waals surface area contributed by atoms with Gasteiger partial charge in [-0.3, -0.25) is 4.79 Å². The Labute approximate surface area is 160 Å². The van der Waals surface area contributed by atoms with Crippen LogP contribution in [0.5, 0.6) is 11.5 Å². The molecular weight excluding hydrogens is 340 g/mol. The number of hydrogen-bond donors (Lipinski definition) is 1. The molecule has 2 rings (SSSR count). The molecule has 0 spiro atoms. The number of allylic oxidation sites excluding steroid dienone is 1. The maximum Gasteiger partial charge on any atom is 0.277 e. The average Bonchev–Trinajstić information content (AvgIpc) is 2.68. The summed E-state index contributed by atoms with van der Waals surface area (Å²) in [6, 6.07) is 17.1. The van der Waals surface area contributed by atoms with Crippen LogP contribution in [0.2, 0.25) is 0 Å². The first-order valence-corrected chi connectivity index (χ1v) is 9.08. The molecule has 2 aromatic carbocycles. The Balaban J connectivity index is 1.72. The molecule has 0 aliphatic rings. The zero-order chi connectivity index (χ0) is 19.3. The van der Waals surface area contributed by atoms with E-state index in [-0.39, 0.29) is 12.5 Å². The predicted octanol–water partition coefficient (Wildman–Crippen LogP) is 4.45. The number of ether oxygens (including phenoxy) is 2. The molecule has 0 unspecified atom stereocenters. The van der Waals surface area contributed by atoms with Crippen LogP contribution in [-0.2, 0) is 4.79 Å². The van der Waals surface area contributed by atoms with Crippen LogP contribution < -0.4 is 14.9 Å². The summed E-state index contributed by atoms with van der Waals surface area (Å²) in [5.74, 6) is 1.09. The van der Waals surface area contributed by atoms with Gasteiger partial charge in [-0.1, -0.05) is 49.8 Å². The van der Waals surface area contributed by atoms with E-state index < -0.39 is 0 Å². The van der Waals surface area contributed by atoms with Gasteiger partial charge in [0, 0.05) is 0 Å². The summed E-state index contributed by atoms with van der Waals surface area (Å²) in [6.45, 7) is 4.64. The minimum atomic E-state index is -0.318. The number of nitrogens with one attached hydrogen (secondary N) is 1. The number of carbonyl (C=O) groups excluding carboxylic acids is 1. The second kappa shape index (κ2) is 11.5. The summed E-state index contributed by atoms with van der Waals surface area (Å²) < 4.78 is 11.0. The molecule has 0 aliphatic heterocycles. The molecule has 0 atom stereocenters. The molecule has 5 nitrogen and oxygen atoms in total. The summed E-state index contributed by atoms with van der Waals surface area (Å²) >= 11 is 0. The Morgan fingerprint density at radius 1 is 1.04 bits per heavy atom. The van der Waals surface area contributed by atoms with Crippen molar-refractivity contribution in [1.29, 1.82) is 0 Å². The van der Waals surface area contributed by atoms with Gasteiger partial charge in [-0.25, -0.2) is 5.43 Å². The van der Waals surface area contributed by atoms with Gasteiger partial charge in [-0.05, 0) is 48.7 Å². The number of hydrogen-bond acceptors (Lipinski definition) is 4. The fourth-order valence-electron chi connectivity index (χ4n) is 2.20. The Morgan fingerprint density at radius 3 is 2.37 bits per heavy atom. The van der Waals surface area contributed by atoms with Crippen LogP contribution in [0.25, 0.3) is 6.08 Å². The van der Waals surface area contributed by atoms with Crippen LogP contribution in [-0.4, -0.2) is 25.3 Å². The molecule has 0 saturated carbocycles. The van der Waals surface area contributed by atoms with Gasteiger partial charge in [0.1, 0.15) is 11.5 Å². The van der Waals surface area contributed by atoms with E-state index >= 15 is 0 Å². The van der Waals surface area contributed by atoms with Gasteiger partial charge >= 0.3 is 0 Å². The van der Waals surface area contributed by atoms with E-state index in [0.717, 1.165) is 29.7 Å². The molecule has 0 aliphatic carbocycles. The quantitative estimate of drug-likeness (QED) is 0.384. The first kappa shape index (κ1) is 20.2. The van der Waals surface area contributed by atoms with Gasteiger partial charge in [0.2, 0.25) is 0 Å². The number of carbonyl (C=O) groups is 1. The maximum absolute atomic E-state index is 11.8. The predicted molar refractivity (Wildman–Crippen MR) is 109 cm³/mol. The average molecular weight is 366 g/mol. The fourth-order valence-corrected chi connectivity index (χ4v) is 2.20. The van der Waals surface area contributed by atoms with Crippen molar-refractivity contribution in [1.82, 2.24) is 5.43 Å². The second-order valence-electron chi connectivity index (χ2n) is 6.05. The van der Waals surface area contributed by atoms with Crippen molar-refractivity contribution in [3.8, 4) is 11.5 Å². The summed E-state index contributed by atoms with van der Waals surface area (Å²) in [5.41, 5.74) is 4.47. The van der Waals surface area contributed by atoms with E-state index in [4.69, 9.17) is 9.47 Å². The van der Waals surface area contributed by atoms with E-state index in [9.17, 15) is 4.79 Å². The van der Waals surface area contributed by atoms with Crippen molar-refractivity contribution in [2.45, 2.75) is 26.7 Å². The monoisotopic (exact) mass is 366 g/mol. The highest BCUT2D eigenvalue weighted by Gasteiger charge is 2.02. The molecule has 0 fully saturated rings. The fraction of sp³-hybridized carbons (Fsp3) is 0.273. The van der Waals surface area contributed by atoms with Crippen LogP contribution in [0, 0.1) is 0 Å². The van der Waals surface area contributed by atoms with Crippen molar-refractivity contribution in [3.63, 3.8) is 0 Å². The number of hydrazone groups is 1. The molecule has 142 valence electrons. The SMILES string of the molecule is CCCCOc1ccc(OCC(=O)N/N=C/C(C)=C\c2ccccc2)cc1. The van der Waals surface area contributed by atoms with Gasteiger partial charge < -0.3 is 9.47 Å². The number of unbranched alkanes of at least 4 members (excludes halogenated alkanes) is 1. The van der Waals surface area contributed by atoms with Crippen molar-refractivity contribution >= 4 is 18.2 Å². The Morgan fingerprint density at radius 2 is 1.70 bits per heavy atom. The lowest BCUT2D eigenvalue weighted by atomic mass is 10.1. The van der Waals surface area contributed by atoms with E-state index in [1.54, 1.807) is 18.3 Å². The highest BCUT2D eigenvalue weighted by atomic mass is 16.5. The molecule has 1 N–H and O–H groups in total. The lowest BCUT2D eigenvalue weighted by Crippen LogP contribution is -2.24. The van der Waals surface area contributed by atoms with Crippen LogP contribution in [0.15, 0.2) is 65.3 Å². The highest BCUT2D eigenvalue weighted by molar-refractivity contribution is 5.86. The Bertz CT molecular complexity index is 753. The standard InChI is InChI=1S/C22H26N2O3/c1-3-4-14-26-20-10-12-21(13-11-20)27-17-22(25)24-23-16-18(2)15-19-8-6-5-7-9-19/h5-13,15-16H,3-4,14,17H2,1-2H3,(H,24,25)/b18-15-,23-16+. The summed E-state index contributed by atoms with van der Waals surface area (Å²) in [6.07, 6.45) is 5.71. The third kappa shape index (κ3) is 8.23. The Kier molecular flexibility index (Phi) is 8.63. The van der Waals surface area contributed by atoms with Gasteiger partial charge in [0.05, 0.1) is 12.8 Å². The first-order chi connectivity index (χ1) is 13.2. The van der Waals surface area contributed by atoms with E-state index in [2.05, 4.69) is 17.5 Å². The number of nitrogens with zero attached hydrogens (tertiary/aromatic N) is 1. The third-order valence-electron chi connectivity index (χ3n) is 3.61. The van der Waals surface area contributed by atoms with Crippen LogP contribution >= 0.6 is 0 Å². The molecule has 0 saturated heterocycles. The number of benzene rings is 2. The molecule has 5 heteroatoms. The minimum Gasteiger partial charge on any atom is -0.494 e. The number of rotatable bonds is 10. The topological polar surface area (TPSA) is 59.9 Å². The van der Waals surface area contributed by atoms with Crippen molar-refractivity contribution in [2.24, 2.45) is 5.10 Å². The van der Waals surface area contributed by atoms with E-state index in [1.165, 1.54) is 0 Å². The summed E-state index contributed by atoms with van der Waals surface area (Å²) in [7, 11) is 0. The first-order valence-electron chi connectivity index (χ1n) is 9.08. The smallest absolute Gasteiger partial charge is 0.277 e. The molecule has 1 amide bonds. The van der Waals surface area contributed by atoms with Crippen molar-refractivity contribution < 1.29 is 14.3 Å².